The standard InChI is InChI=1S/C9H18N2O4/c1-4-10-8(14)6(12)7(13)9(15)11-5(2)3/h5-7,12-13H,4H2,1-3H3,(H,10,14)(H,11,15)/t6-,7-/m1/s1. The molecule has 15 heavy (non-hydrogen) atoms. The van der Waals surface area contributed by atoms with Crippen molar-refractivity contribution in [2.75, 3.05) is 6.54 Å². The van der Waals surface area contributed by atoms with E-state index in [-0.39, 0.29) is 6.04 Å². The van der Waals surface area contributed by atoms with Gasteiger partial charge >= 0.3 is 0 Å². The van der Waals surface area contributed by atoms with E-state index in [1.54, 1.807) is 20.8 Å². The number of aliphatic hydroxyl groups is 2. The zero-order valence-corrected chi connectivity index (χ0v) is 9.15. The summed E-state index contributed by atoms with van der Waals surface area (Å²) in [6, 6.07) is -0.159. The number of carbonyl (C=O) groups is 2. The molecular weight excluding hydrogens is 200 g/mol. The van der Waals surface area contributed by atoms with Crippen LogP contribution in [-0.4, -0.2) is 46.8 Å². The first kappa shape index (κ1) is 13.9. The summed E-state index contributed by atoms with van der Waals surface area (Å²) in [6.45, 7) is 5.42. The molecule has 0 aliphatic heterocycles. The van der Waals surface area contributed by atoms with Crippen LogP contribution in [0.15, 0.2) is 0 Å². The fraction of sp³-hybridized carbons (Fsp3) is 0.778. The first-order valence-electron chi connectivity index (χ1n) is 4.84. The minimum Gasteiger partial charge on any atom is -0.380 e. The fourth-order valence-corrected chi connectivity index (χ4v) is 0.935. The monoisotopic (exact) mass is 218 g/mol. The van der Waals surface area contributed by atoms with Gasteiger partial charge in [-0.1, -0.05) is 0 Å². The second-order valence-electron chi connectivity index (χ2n) is 3.45. The van der Waals surface area contributed by atoms with Crippen LogP contribution < -0.4 is 10.6 Å². The van der Waals surface area contributed by atoms with Gasteiger partial charge in [-0.05, 0) is 20.8 Å². The zero-order valence-electron chi connectivity index (χ0n) is 9.15. The molecule has 0 aliphatic rings. The molecule has 4 N–H and O–H groups in total. The molecule has 0 unspecified atom stereocenters. The van der Waals surface area contributed by atoms with E-state index in [0.29, 0.717) is 6.54 Å². The molecular formula is C9H18N2O4. The summed E-state index contributed by atoms with van der Waals surface area (Å²) in [4.78, 5) is 22.3. The summed E-state index contributed by atoms with van der Waals surface area (Å²) in [5.74, 6) is -1.52. The highest BCUT2D eigenvalue weighted by Crippen LogP contribution is 1.95. The van der Waals surface area contributed by atoms with Gasteiger partial charge in [0, 0.05) is 12.6 Å². The molecule has 0 fully saturated rings. The largest absolute Gasteiger partial charge is 0.380 e. The lowest BCUT2D eigenvalue weighted by Gasteiger charge is -2.18. The van der Waals surface area contributed by atoms with Gasteiger partial charge in [-0.2, -0.15) is 0 Å². The molecule has 0 bridgehead atoms. The lowest BCUT2D eigenvalue weighted by atomic mass is 10.1. The average molecular weight is 218 g/mol. The normalized spacial score (nSPS) is 14.5. The van der Waals surface area contributed by atoms with E-state index in [2.05, 4.69) is 10.6 Å². The molecule has 0 aromatic rings. The molecule has 0 heterocycles. The fourth-order valence-electron chi connectivity index (χ4n) is 0.935. The second kappa shape index (κ2) is 6.36. The van der Waals surface area contributed by atoms with E-state index >= 15 is 0 Å². The number of hydrogen-bond donors (Lipinski definition) is 4. The topological polar surface area (TPSA) is 98.7 Å². The highest BCUT2D eigenvalue weighted by atomic mass is 16.3. The molecule has 0 saturated carbocycles. The Morgan fingerprint density at radius 1 is 1.13 bits per heavy atom. The minimum absolute atomic E-state index is 0.159. The van der Waals surface area contributed by atoms with Gasteiger partial charge in [-0.25, -0.2) is 0 Å². The molecule has 0 aromatic heterocycles. The third kappa shape index (κ3) is 4.75. The summed E-state index contributed by atoms with van der Waals surface area (Å²) < 4.78 is 0. The van der Waals surface area contributed by atoms with E-state index in [9.17, 15) is 19.8 Å². The zero-order chi connectivity index (χ0) is 12.0. The van der Waals surface area contributed by atoms with Gasteiger partial charge < -0.3 is 20.8 Å². The van der Waals surface area contributed by atoms with Crippen molar-refractivity contribution in [1.82, 2.24) is 10.6 Å². The first-order chi connectivity index (χ1) is 6.90. The molecule has 88 valence electrons. The Morgan fingerprint density at radius 3 is 2.00 bits per heavy atom. The summed E-state index contributed by atoms with van der Waals surface area (Å²) in [7, 11) is 0. The number of amides is 2. The number of rotatable bonds is 5. The van der Waals surface area contributed by atoms with Gasteiger partial charge in [0.25, 0.3) is 11.8 Å². The van der Waals surface area contributed by atoms with Gasteiger partial charge in [0.2, 0.25) is 0 Å². The Bertz CT molecular complexity index is 230. The minimum atomic E-state index is -1.74. The van der Waals surface area contributed by atoms with Crippen molar-refractivity contribution >= 4 is 11.8 Å². The van der Waals surface area contributed by atoms with Crippen LogP contribution >= 0.6 is 0 Å². The molecule has 0 rings (SSSR count). The molecule has 2 atom stereocenters. The number of hydrogen-bond acceptors (Lipinski definition) is 4. The molecule has 6 nitrogen and oxygen atoms in total. The Morgan fingerprint density at radius 2 is 1.60 bits per heavy atom. The van der Waals surface area contributed by atoms with Crippen LogP contribution in [0, 0.1) is 0 Å². The Balaban J connectivity index is 4.24. The Kier molecular flexibility index (Phi) is 5.88. The van der Waals surface area contributed by atoms with Crippen molar-refractivity contribution in [3.8, 4) is 0 Å². The highest BCUT2D eigenvalue weighted by molar-refractivity contribution is 5.90. The van der Waals surface area contributed by atoms with Crippen molar-refractivity contribution in [2.24, 2.45) is 0 Å². The number of nitrogens with one attached hydrogen (secondary N) is 2. The van der Waals surface area contributed by atoms with Crippen LogP contribution in [0.25, 0.3) is 0 Å². The van der Waals surface area contributed by atoms with Gasteiger partial charge in [0.1, 0.15) is 0 Å². The van der Waals surface area contributed by atoms with Crippen LogP contribution in [0.3, 0.4) is 0 Å². The SMILES string of the molecule is CCNC(=O)[C@H](O)[C@@H](O)C(=O)NC(C)C. The van der Waals surface area contributed by atoms with E-state index in [1.807, 2.05) is 0 Å². The molecule has 0 aliphatic carbocycles. The van der Waals surface area contributed by atoms with Crippen molar-refractivity contribution < 1.29 is 19.8 Å². The molecule has 0 aromatic carbocycles. The van der Waals surface area contributed by atoms with E-state index in [0.717, 1.165) is 0 Å². The maximum atomic E-state index is 11.2. The molecule has 2 amide bonds. The summed E-state index contributed by atoms with van der Waals surface area (Å²) >= 11 is 0. The third-order valence-corrected chi connectivity index (χ3v) is 1.62. The Labute approximate surface area is 88.7 Å². The smallest absolute Gasteiger partial charge is 0.252 e. The molecule has 6 heteroatoms. The number of aliphatic hydroxyl groups excluding tert-OH is 2. The maximum Gasteiger partial charge on any atom is 0.252 e. The summed E-state index contributed by atoms with van der Waals surface area (Å²) in [5, 5.41) is 23.3. The summed E-state index contributed by atoms with van der Waals surface area (Å²) in [5.41, 5.74) is 0. The van der Waals surface area contributed by atoms with Crippen LogP contribution in [-0.2, 0) is 9.59 Å². The quantitative estimate of drug-likeness (QED) is 0.445. The predicted octanol–water partition coefficient (Wildman–Crippen LogP) is -1.63. The lowest BCUT2D eigenvalue weighted by molar-refractivity contribution is -0.146. The van der Waals surface area contributed by atoms with Crippen molar-refractivity contribution in [3.05, 3.63) is 0 Å². The van der Waals surface area contributed by atoms with Crippen molar-refractivity contribution in [3.63, 3.8) is 0 Å². The number of likely N-dealkylation sites (N-methyl/N-ethyl adjacent to an activating group) is 1. The highest BCUT2D eigenvalue weighted by Gasteiger charge is 2.29. The van der Waals surface area contributed by atoms with Gasteiger partial charge in [-0.3, -0.25) is 9.59 Å². The van der Waals surface area contributed by atoms with Gasteiger partial charge in [0.15, 0.2) is 12.2 Å². The van der Waals surface area contributed by atoms with Gasteiger partial charge in [-0.15, -0.1) is 0 Å². The van der Waals surface area contributed by atoms with E-state index in [4.69, 9.17) is 0 Å². The first-order valence-corrected chi connectivity index (χ1v) is 4.84. The number of carbonyl (C=O) groups excluding carboxylic acids is 2. The van der Waals surface area contributed by atoms with Crippen LogP contribution in [0.1, 0.15) is 20.8 Å². The van der Waals surface area contributed by atoms with Crippen molar-refractivity contribution in [2.45, 2.75) is 39.0 Å². The maximum absolute atomic E-state index is 11.2. The van der Waals surface area contributed by atoms with E-state index < -0.39 is 24.0 Å². The summed E-state index contributed by atoms with van der Waals surface area (Å²) in [6.07, 6.45) is -3.47. The van der Waals surface area contributed by atoms with Crippen LogP contribution in [0.2, 0.25) is 0 Å². The third-order valence-electron chi connectivity index (χ3n) is 1.62. The van der Waals surface area contributed by atoms with E-state index in [1.165, 1.54) is 0 Å². The van der Waals surface area contributed by atoms with Crippen LogP contribution in [0.4, 0.5) is 0 Å². The second-order valence-corrected chi connectivity index (χ2v) is 3.45. The Hall–Kier alpha value is -1.14. The van der Waals surface area contributed by atoms with Crippen molar-refractivity contribution in [1.29, 1.82) is 0 Å². The van der Waals surface area contributed by atoms with Gasteiger partial charge in [0.05, 0.1) is 0 Å². The molecule has 0 spiro atoms. The van der Waals surface area contributed by atoms with Crippen LogP contribution in [0.5, 0.6) is 0 Å². The lowest BCUT2D eigenvalue weighted by Crippen LogP contribution is -2.50. The molecule has 0 radical (unpaired) electrons. The predicted molar refractivity (Wildman–Crippen MR) is 54.0 cm³/mol. The average Bonchev–Trinajstić information content (AvgIpc) is 2.14. The molecule has 0 saturated heterocycles.